The Morgan fingerprint density at radius 2 is 2.04 bits per heavy atom. The van der Waals surface area contributed by atoms with Crippen LogP contribution in [0.15, 0.2) is 53.9 Å². The molecule has 0 spiro atoms. The van der Waals surface area contributed by atoms with E-state index in [0.717, 1.165) is 10.6 Å². The van der Waals surface area contributed by atoms with Gasteiger partial charge in [0.25, 0.3) is 5.69 Å². The normalized spacial score (nSPS) is 10.6. The van der Waals surface area contributed by atoms with Crippen LogP contribution >= 0.6 is 11.3 Å². The molecular formula is C18H17N3O3S. The molecule has 0 atom stereocenters. The number of aromatic nitrogens is 1. The van der Waals surface area contributed by atoms with E-state index >= 15 is 0 Å². The molecule has 0 radical (unpaired) electrons. The van der Waals surface area contributed by atoms with Crippen molar-refractivity contribution in [2.45, 2.75) is 13.2 Å². The Morgan fingerprint density at radius 3 is 2.76 bits per heavy atom. The number of ether oxygens (including phenoxy) is 1. The SMILES string of the molecule is CNCc1nc(-c2cc([N+](=O)[O-])ccc2OCc2ccccc2)cs1. The van der Waals surface area contributed by atoms with Gasteiger partial charge >= 0.3 is 0 Å². The molecule has 0 saturated carbocycles. The van der Waals surface area contributed by atoms with Gasteiger partial charge in [-0.05, 0) is 18.7 Å². The van der Waals surface area contributed by atoms with Crippen LogP contribution in [0.2, 0.25) is 0 Å². The second-order valence-corrected chi connectivity index (χ2v) is 6.31. The van der Waals surface area contributed by atoms with E-state index < -0.39 is 4.92 Å². The zero-order valence-corrected chi connectivity index (χ0v) is 14.5. The number of nitro groups is 1. The van der Waals surface area contributed by atoms with Crippen LogP contribution < -0.4 is 10.1 Å². The summed E-state index contributed by atoms with van der Waals surface area (Å²) < 4.78 is 5.91. The first-order chi connectivity index (χ1) is 12.2. The van der Waals surface area contributed by atoms with E-state index in [4.69, 9.17) is 4.74 Å². The highest BCUT2D eigenvalue weighted by Gasteiger charge is 2.16. The summed E-state index contributed by atoms with van der Waals surface area (Å²) >= 11 is 1.51. The Balaban J connectivity index is 1.91. The average Bonchev–Trinajstić information content (AvgIpc) is 3.09. The molecule has 128 valence electrons. The summed E-state index contributed by atoms with van der Waals surface area (Å²) in [4.78, 5) is 15.2. The zero-order chi connectivity index (χ0) is 17.6. The van der Waals surface area contributed by atoms with Crippen molar-refractivity contribution < 1.29 is 9.66 Å². The first kappa shape index (κ1) is 17.1. The van der Waals surface area contributed by atoms with Crippen LogP contribution in [-0.4, -0.2) is 17.0 Å². The molecule has 2 aromatic carbocycles. The van der Waals surface area contributed by atoms with Gasteiger partial charge in [0, 0.05) is 29.6 Å². The maximum atomic E-state index is 11.1. The summed E-state index contributed by atoms with van der Waals surface area (Å²) in [7, 11) is 1.85. The molecule has 1 N–H and O–H groups in total. The third-order valence-electron chi connectivity index (χ3n) is 3.57. The number of nitrogens with zero attached hydrogens (tertiary/aromatic N) is 2. The molecule has 1 aromatic heterocycles. The minimum Gasteiger partial charge on any atom is -0.488 e. The van der Waals surface area contributed by atoms with Crippen LogP contribution in [0.25, 0.3) is 11.3 Å². The number of non-ortho nitro benzene ring substituents is 1. The van der Waals surface area contributed by atoms with Crippen molar-refractivity contribution in [1.29, 1.82) is 0 Å². The van der Waals surface area contributed by atoms with Gasteiger partial charge in [0.1, 0.15) is 17.4 Å². The zero-order valence-electron chi connectivity index (χ0n) is 13.6. The van der Waals surface area contributed by atoms with Crippen molar-refractivity contribution in [1.82, 2.24) is 10.3 Å². The van der Waals surface area contributed by atoms with E-state index in [1.165, 1.54) is 23.5 Å². The van der Waals surface area contributed by atoms with Gasteiger partial charge in [-0.3, -0.25) is 10.1 Å². The van der Waals surface area contributed by atoms with Gasteiger partial charge in [-0.15, -0.1) is 11.3 Å². The second kappa shape index (κ2) is 7.87. The maximum absolute atomic E-state index is 11.1. The topological polar surface area (TPSA) is 77.3 Å². The third-order valence-corrected chi connectivity index (χ3v) is 4.42. The summed E-state index contributed by atoms with van der Waals surface area (Å²) in [6, 6.07) is 14.4. The highest BCUT2D eigenvalue weighted by molar-refractivity contribution is 7.09. The van der Waals surface area contributed by atoms with E-state index in [1.54, 1.807) is 6.07 Å². The number of benzene rings is 2. The Bertz CT molecular complexity index is 865. The molecule has 6 nitrogen and oxygen atoms in total. The van der Waals surface area contributed by atoms with Gasteiger partial charge < -0.3 is 10.1 Å². The summed E-state index contributed by atoms with van der Waals surface area (Å²) in [6.07, 6.45) is 0. The fourth-order valence-corrected chi connectivity index (χ4v) is 3.17. The molecule has 0 aliphatic carbocycles. The molecule has 0 amide bonds. The monoisotopic (exact) mass is 355 g/mol. The maximum Gasteiger partial charge on any atom is 0.270 e. The van der Waals surface area contributed by atoms with E-state index in [9.17, 15) is 10.1 Å². The summed E-state index contributed by atoms with van der Waals surface area (Å²) in [5, 5.41) is 17.0. The molecule has 3 aromatic rings. The number of hydrogen-bond acceptors (Lipinski definition) is 6. The van der Waals surface area contributed by atoms with Crippen molar-refractivity contribution in [3.05, 3.63) is 74.6 Å². The highest BCUT2D eigenvalue weighted by Crippen LogP contribution is 2.34. The van der Waals surface area contributed by atoms with E-state index in [1.807, 2.05) is 42.8 Å². The molecule has 0 bridgehead atoms. The Kier molecular flexibility index (Phi) is 5.37. The van der Waals surface area contributed by atoms with Gasteiger partial charge in [-0.1, -0.05) is 30.3 Å². The molecule has 3 rings (SSSR count). The number of thiazole rings is 1. The predicted octanol–water partition coefficient (Wildman–Crippen LogP) is 4.02. The summed E-state index contributed by atoms with van der Waals surface area (Å²) in [5.41, 5.74) is 2.36. The van der Waals surface area contributed by atoms with Gasteiger partial charge in [0.15, 0.2) is 0 Å². The number of nitrogens with one attached hydrogen (secondary N) is 1. The smallest absolute Gasteiger partial charge is 0.270 e. The second-order valence-electron chi connectivity index (χ2n) is 5.37. The largest absolute Gasteiger partial charge is 0.488 e. The van der Waals surface area contributed by atoms with Crippen LogP contribution in [0.3, 0.4) is 0 Å². The van der Waals surface area contributed by atoms with Crippen molar-refractivity contribution in [3.63, 3.8) is 0 Å². The van der Waals surface area contributed by atoms with Crippen LogP contribution in [-0.2, 0) is 13.2 Å². The Hall–Kier alpha value is -2.77. The molecular weight excluding hydrogens is 338 g/mol. The lowest BCUT2D eigenvalue weighted by Crippen LogP contribution is -2.04. The Morgan fingerprint density at radius 1 is 1.24 bits per heavy atom. The fourth-order valence-electron chi connectivity index (χ4n) is 2.36. The number of rotatable bonds is 7. The lowest BCUT2D eigenvalue weighted by Gasteiger charge is -2.10. The fraction of sp³-hybridized carbons (Fsp3) is 0.167. The quantitative estimate of drug-likeness (QED) is 0.512. The molecule has 0 aliphatic rings. The molecule has 0 unspecified atom stereocenters. The molecule has 25 heavy (non-hydrogen) atoms. The van der Waals surface area contributed by atoms with Crippen LogP contribution in [0.4, 0.5) is 5.69 Å². The lowest BCUT2D eigenvalue weighted by atomic mass is 10.1. The standard InChI is InChI=1S/C18H17N3O3S/c1-19-10-18-20-16(12-25-18)15-9-14(21(22)23)7-8-17(15)24-11-13-5-3-2-4-6-13/h2-9,12,19H,10-11H2,1H3. The minimum atomic E-state index is -0.411. The minimum absolute atomic E-state index is 0.0187. The van der Waals surface area contributed by atoms with Crippen molar-refractivity contribution in [2.24, 2.45) is 0 Å². The first-order valence-corrected chi connectivity index (χ1v) is 8.60. The van der Waals surface area contributed by atoms with Crippen LogP contribution in [0.1, 0.15) is 10.6 Å². The van der Waals surface area contributed by atoms with Crippen molar-refractivity contribution in [2.75, 3.05) is 7.05 Å². The van der Waals surface area contributed by atoms with Crippen LogP contribution in [0.5, 0.6) is 5.75 Å². The summed E-state index contributed by atoms with van der Waals surface area (Å²) in [5.74, 6) is 0.579. The van der Waals surface area contributed by atoms with E-state index in [2.05, 4.69) is 10.3 Å². The molecule has 0 aliphatic heterocycles. The van der Waals surface area contributed by atoms with Gasteiger partial charge in [0.2, 0.25) is 0 Å². The van der Waals surface area contributed by atoms with Gasteiger partial charge in [-0.2, -0.15) is 0 Å². The summed E-state index contributed by atoms with van der Waals surface area (Å²) in [6.45, 7) is 1.04. The molecule has 1 heterocycles. The highest BCUT2D eigenvalue weighted by atomic mass is 32.1. The van der Waals surface area contributed by atoms with Crippen molar-refractivity contribution >= 4 is 17.0 Å². The number of hydrogen-bond donors (Lipinski definition) is 1. The first-order valence-electron chi connectivity index (χ1n) is 7.72. The van der Waals surface area contributed by atoms with E-state index in [0.29, 0.717) is 30.2 Å². The van der Waals surface area contributed by atoms with Crippen LogP contribution in [0, 0.1) is 10.1 Å². The third kappa shape index (κ3) is 4.20. The van der Waals surface area contributed by atoms with Gasteiger partial charge in [-0.25, -0.2) is 4.98 Å². The molecule has 7 heteroatoms. The molecule has 0 fully saturated rings. The predicted molar refractivity (Wildman–Crippen MR) is 97.7 cm³/mol. The Labute approximate surface area is 149 Å². The molecule has 0 saturated heterocycles. The van der Waals surface area contributed by atoms with Gasteiger partial charge in [0.05, 0.1) is 10.6 Å². The van der Waals surface area contributed by atoms with E-state index in [-0.39, 0.29) is 5.69 Å². The number of nitro benzene ring substituents is 1. The lowest BCUT2D eigenvalue weighted by molar-refractivity contribution is -0.384. The average molecular weight is 355 g/mol. The van der Waals surface area contributed by atoms with Crippen molar-refractivity contribution in [3.8, 4) is 17.0 Å².